The molecule has 6 aliphatic heterocycles. The zero-order chi connectivity index (χ0) is 97.3. The van der Waals surface area contributed by atoms with Gasteiger partial charge in [-0.3, -0.25) is 28.8 Å². The van der Waals surface area contributed by atoms with Crippen LogP contribution in [0.15, 0.2) is 54.6 Å². The number of rotatable bonds is 9. The van der Waals surface area contributed by atoms with Crippen LogP contribution in [0.4, 0.5) is 26.3 Å². The van der Waals surface area contributed by atoms with Gasteiger partial charge in [-0.2, -0.15) is 0 Å². The van der Waals surface area contributed by atoms with Crippen molar-refractivity contribution in [2.45, 2.75) is 310 Å². The van der Waals surface area contributed by atoms with Crippen molar-refractivity contribution in [2.24, 2.45) is 93.2 Å². The smallest absolute Gasteiger partial charge is 0.307 e. The number of fused-ring (bicyclic) bond motifs is 21. The standard InChI is InChI=1S/C35H44F2N3O6.C34H42F2N3O6.C34H44F2N3O6.3V/c1-35(2,3)23-16-29(42)46-31-20-11-10-19(14-20)22(31)8-6-5-7-9-25-33(39-26-15-21(44-4)12-13-24(26)38-25)45-28-17-40(34(23)43)27(18-41)30(28)32(36)37;1-34(2,3)22-15-29(41)44-27-13-18-12-21(18)20(27)8-6-5-7-9-24-32(38-25-14-19(43-4)10-11-23(25)37-24)45-28-16-39(33(22)42)26(17-40)30(28)31(35)36;1-33(2,3)22-17-28(41)45-34(4)15-9-11-20(34)10-7-6-8-12-24-31(38-25-16-21(43-5)13-14-23(25)37-24)44-27-18-39(32(22)42)26(19-40)29(27)30(35)36;;;/h12-13,15,19-20,22-23,27-28,30-32H,5-11,14,16-17H2,1-4H3;10-11,14,18,20-22,26-28,30-31H,5-9,12-13,15-16H2,1-4H3;13-14,16,20,22,26-27,29-30H,6-12,15,17-18H2,1-5H3;;;/q3*-1;;;/t19-,20+,22-,23-,27-,28+,30+,31-;18?,20-,21?,22-,26-,27-,28+,30+;20-,22-,26-,27+,29+,34-;;;/m111.../s1. The number of carbonyl (C=O) groups excluding carboxylic acids is 9. The van der Waals surface area contributed by atoms with Gasteiger partial charge < -0.3 is 71.7 Å². The Hall–Kier alpha value is -8.36. The average Bonchev–Trinajstić information content (AvgIpc) is 1.59. The Kier molecular flexibility index (Phi) is 36.3. The molecule has 5 saturated carbocycles. The molecule has 0 spiro atoms. The van der Waals surface area contributed by atoms with Crippen LogP contribution < -0.4 is 28.4 Å². The minimum Gasteiger partial charge on any atom is -0.540 e. The van der Waals surface area contributed by atoms with Gasteiger partial charge in [0.2, 0.25) is 54.6 Å². The predicted octanol–water partition coefficient (Wildman–Crippen LogP) is 16.9. The molecule has 2 unspecified atom stereocenters. The fourth-order valence-electron chi connectivity index (χ4n) is 23.4. The van der Waals surface area contributed by atoms with E-state index in [1.165, 1.54) is 27.8 Å². The zero-order valence-electron chi connectivity index (χ0n) is 81.5. The number of halogens is 6. The van der Waals surface area contributed by atoms with Crippen molar-refractivity contribution in [3.05, 3.63) is 71.7 Å². The van der Waals surface area contributed by atoms with Crippen LogP contribution in [0, 0.1) is 93.2 Å². The molecule has 36 heteroatoms. The number of esters is 3. The topological polar surface area (TPSA) is 324 Å². The van der Waals surface area contributed by atoms with E-state index in [-0.39, 0.29) is 130 Å². The van der Waals surface area contributed by atoms with Gasteiger partial charge in [0, 0.05) is 73.9 Å². The number of hydrogen-bond donors (Lipinski definition) is 0. The van der Waals surface area contributed by atoms with Gasteiger partial charge in [0.05, 0.1) is 129 Å². The Morgan fingerprint density at radius 2 is 0.748 bits per heavy atom. The maximum Gasteiger partial charge on any atom is 0.307 e. The third kappa shape index (κ3) is 24.5. The van der Waals surface area contributed by atoms with Gasteiger partial charge in [-0.25, -0.2) is 75.1 Å². The molecule has 5 aliphatic carbocycles. The first kappa shape index (κ1) is 109. The van der Waals surface area contributed by atoms with Crippen molar-refractivity contribution in [3.8, 4) is 34.9 Å². The van der Waals surface area contributed by atoms with E-state index >= 15 is 0 Å². The molecule has 6 aromatic rings. The maximum absolute atomic E-state index is 14.7. The van der Waals surface area contributed by atoms with Crippen molar-refractivity contribution in [1.82, 2.24) is 44.6 Å². The van der Waals surface area contributed by atoms with Crippen LogP contribution in [-0.4, -0.2) is 214 Å². The molecule has 11 aliphatic rings. The van der Waals surface area contributed by atoms with Gasteiger partial charge in [0.15, 0.2) is 0 Å². The third-order valence-electron chi connectivity index (χ3n) is 31.2. The van der Waals surface area contributed by atoms with Gasteiger partial charge in [-0.15, -0.1) is 0 Å². The van der Waals surface area contributed by atoms with E-state index in [0.29, 0.717) is 122 Å². The number of methoxy groups -OCH3 is 3. The second-order valence-corrected chi connectivity index (χ2v) is 42.9. The Labute approximate surface area is 844 Å². The van der Waals surface area contributed by atoms with E-state index in [0.717, 1.165) is 137 Å². The number of aromatic nitrogens is 6. The van der Waals surface area contributed by atoms with Crippen molar-refractivity contribution < 1.29 is 168 Å². The molecule has 3 amide bonds. The minimum atomic E-state index is -2.98. The van der Waals surface area contributed by atoms with E-state index in [4.69, 9.17) is 62.6 Å². The second kappa shape index (κ2) is 46.1. The molecule has 22 atom stereocenters. The van der Waals surface area contributed by atoms with Crippen molar-refractivity contribution in [2.75, 3.05) is 41.0 Å². The summed E-state index contributed by atoms with van der Waals surface area (Å²) in [6, 6.07) is 11.2. The molecule has 0 N–H and O–H groups in total. The van der Waals surface area contributed by atoms with Gasteiger partial charge in [-0.05, 0) is 210 Å². The van der Waals surface area contributed by atoms with Gasteiger partial charge in [-0.1, -0.05) is 119 Å². The summed E-state index contributed by atoms with van der Waals surface area (Å²) >= 11 is 0. The number of benzene rings is 3. The molecule has 3 aromatic heterocycles. The average molecular weight is 2050 g/mol. The summed E-state index contributed by atoms with van der Waals surface area (Å²) in [6.45, 7) is 17.5. The van der Waals surface area contributed by atoms with E-state index in [2.05, 4.69) is 9.97 Å². The van der Waals surface area contributed by atoms with E-state index < -0.39 is 149 Å². The molecule has 9 heterocycles. The SMILES string of the molecule is COc1ccc2nc3c(nc2c1)O[C@H]1CN(C(=O)[C@H](C(C)(C)C)CC(=O)O[C@@H]2CC4CC4[C@H]2CCCCC3)[C@H]([C-]=O)[C@@H]1C(F)F.COc1ccc2nc3c(nc2c1)O[C@H]1CN(C(=O)[C@H](C(C)(C)C)CC(=O)O[C@@H]2[C@H]4CC[C@H](C4)[C@H]2CCCCC3)[C@H]([C-]=O)[C@@H]1C(F)F.COc1ccc2nc3c(nc2c1)O[C@H]1CN(C(=O)[C@H](C(C)(C)C)CC(=O)O[C@]2(C)CCC[C@H]2CCCCC3)[C@H]([C-]=O)[C@@H]1C(F)F.[V].[V].[V]. The van der Waals surface area contributed by atoms with Gasteiger partial charge in [0.1, 0.15) is 70.5 Å². The number of amides is 3. The quantitative estimate of drug-likeness (QED) is 0.0562. The summed E-state index contributed by atoms with van der Waals surface area (Å²) < 4.78 is 141. The number of nitrogens with zero attached hydrogens (tertiary/aromatic N) is 9. The monoisotopic (exact) mass is 2050 g/mol. The van der Waals surface area contributed by atoms with Gasteiger partial charge in [0.25, 0.3) is 0 Å². The molecular weight excluding hydrogens is 1920 g/mol. The molecular formula is C103H130F6N9O18V3-3. The Bertz CT molecular complexity index is 5270. The molecule has 17 rings (SSSR count). The van der Waals surface area contributed by atoms with E-state index in [1.807, 2.05) is 69.2 Å². The summed E-state index contributed by atoms with van der Waals surface area (Å²) in [6.07, 6.45) is 11.7. The fraction of sp³-hybridized carbons (Fsp3) is 0.680. The van der Waals surface area contributed by atoms with Crippen LogP contribution in [0.2, 0.25) is 0 Å². The van der Waals surface area contributed by atoms with Crippen LogP contribution in [0.3, 0.4) is 0 Å². The predicted molar refractivity (Wildman–Crippen MR) is 488 cm³/mol. The minimum absolute atomic E-state index is 0. The van der Waals surface area contributed by atoms with Crippen LogP contribution >= 0.6 is 0 Å². The maximum atomic E-state index is 14.7. The Morgan fingerprint density at radius 1 is 0.388 bits per heavy atom. The number of alkyl halides is 6. The summed E-state index contributed by atoms with van der Waals surface area (Å²) in [5, 5.41) is 0. The Morgan fingerprint density at radius 3 is 1.12 bits per heavy atom. The first-order valence-corrected chi connectivity index (χ1v) is 48.8. The molecule has 8 bridgehead atoms. The zero-order valence-corrected chi connectivity index (χ0v) is 85.7. The number of ether oxygens (including phenoxy) is 9. The van der Waals surface area contributed by atoms with Crippen molar-refractivity contribution >= 4 is 87.6 Å². The van der Waals surface area contributed by atoms with Gasteiger partial charge >= 0.3 is 17.9 Å². The largest absolute Gasteiger partial charge is 0.540 e. The summed E-state index contributed by atoms with van der Waals surface area (Å²) in [4.78, 5) is 151. The molecule has 3 saturated heterocycles. The molecule has 3 radical (unpaired) electrons. The summed E-state index contributed by atoms with van der Waals surface area (Å²) in [7, 11) is 4.61. The summed E-state index contributed by atoms with van der Waals surface area (Å²) in [5.41, 5.74) is 2.13. The van der Waals surface area contributed by atoms with Crippen LogP contribution in [-0.2, 0) is 132 Å². The number of aryl methyl sites for hydroxylation is 3. The number of carbonyl (C=O) groups is 6. The van der Waals surface area contributed by atoms with Crippen molar-refractivity contribution in [1.29, 1.82) is 0 Å². The normalized spacial score (nSPS) is 31.0. The molecule has 8 fully saturated rings. The molecule has 27 nitrogen and oxygen atoms in total. The Balaban J connectivity index is 0.000000185. The van der Waals surface area contributed by atoms with E-state index in [1.54, 1.807) is 73.5 Å². The van der Waals surface area contributed by atoms with E-state index in [9.17, 15) is 69.5 Å². The van der Waals surface area contributed by atoms with Crippen LogP contribution in [0.5, 0.6) is 34.9 Å². The molecule has 755 valence electrons. The first-order chi connectivity index (χ1) is 64.8. The molecule has 3 aromatic carbocycles. The van der Waals surface area contributed by atoms with Crippen LogP contribution in [0.25, 0.3) is 33.1 Å². The van der Waals surface area contributed by atoms with Crippen LogP contribution in [0.1, 0.15) is 234 Å². The molecule has 139 heavy (non-hydrogen) atoms. The summed E-state index contributed by atoms with van der Waals surface area (Å²) in [5.74, 6) is -5.89. The number of hydrogen-bond acceptors (Lipinski definition) is 24. The first-order valence-electron chi connectivity index (χ1n) is 48.8. The van der Waals surface area contributed by atoms with Crippen molar-refractivity contribution in [3.63, 3.8) is 0 Å². The third-order valence-corrected chi connectivity index (χ3v) is 31.2. The fourth-order valence-corrected chi connectivity index (χ4v) is 23.4. The second-order valence-electron chi connectivity index (χ2n) is 42.9.